The second kappa shape index (κ2) is 19.3. The van der Waals surface area contributed by atoms with E-state index in [1.54, 1.807) is 12.1 Å². The number of nitrogens with one attached hydrogen (secondary N) is 6. The van der Waals surface area contributed by atoms with Crippen LogP contribution in [0.3, 0.4) is 0 Å². The number of nitrogens with zero attached hydrogens (tertiary/aromatic N) is 3. The number of aromatic hydroxyl groups is 1. The first-order valence-corrected chi connectivity index (χ1v) is 27.7. The standard InChI is InChI=1S/C22H17ClFN5O6S2.C21H26N4O6S2/c1-36(32,33)26-13-5-7-16-18(10-13)37(34,35)27-21(25-16)19-20(30)17-3-2-8-28(17)29(22(19)31)11-12-4-6-15(24)14(23)9-12;1-14(2)9-11-25-21(27)20(18(26)6-4-5-10-22-25)17-13-33(30,31)19-12-15(24-32(3,28)29)7-8-16(19)23-17/h2-10,25-27H,11H2,1H3;4-8,10,12-14,22-24,26H,9,11H2,1-3H3. The number of fused-ring (bicyclic) bond motifs is 3. The lowest BCUT2D eigenvalue weighted by Gasteiger charge is -2.23. The summed E-state index contributed by atoms with van der Waals surface area (Å²) in [5.74, 6) is -1.09. The van der Waals surface area contributed by atoms with Crippen LogP contribution in [0.1, 0.15) is 31.4 Å². The number of halogens is 2. The van der Waals surface area contributed by atoms with Crippen LogP contribution in [0.5, 0.6) is 5.75 Å². The summed E-state index contributed by atoms with van der Waals surface area (Å²) in [4.78, 5) is 39.7. The monoisotopic (exact) mass is 1060 g/mol. The molecule has 0 amide bonds. The molecule has 70 heavy (non-hydrogen) atoms. The van der Waals surface area contributed by atoms with Crippen molar-refractivity contribution in [3.8, 4) is 5.75 Å². The number of sulfone groups is 1. The normalized spacial score (nSPS) is 15.4. The smallest absolute Gasteiger partial charge is 0.280 e. The van der Waals surface area contributed by atoms with Gasteiger partial charge < -0.3 is 20.8 Å². The number of benzene rings is 3. The van der Waals surface area contributed by atoms with Crippen molar-refractivity contribution >= 4 is 91.3 Å². The number of aromatic nitrogens is 4. The van der Waals surface area contributed by atoms with E-state index in [4.69, 9.17) is 11.6 Å². The Morgan fingerprint density at radius 3 is 2.07 bits per heavy atom. The topological polar surface area (TPSA) is 298 Å². The second-order valence-corrected chi connectivity index (χ2v) is 23.6. The molecule has 0 spiro atoms. The Morgan fingerprint density at radius 1 is 0.800 bits per heavy atom. The van der Waals surface area contributed by atoms with E-state index in [0.29, 0.717) is 24.4 Å². The zero-order valence-electron chi connectivity index (χ0n) is 37.2. The van der Waals surface area contributed by atoms with Crippen LogP contribution in [0.25, 0.3) is 17.0 Å². The highest BCUT2D eigenvalue weighted by Crippen LogP contribution is 2.36. The molecule has 8 rings (SSSR count). The summed E-state index contributed by atoms with van der Waals surface area (Å²) in [6, 6.07) is 19.0. The SMILES string of the molecule is CC(C)CCn1[nH]ccccc(O)c(C2=CS(=O)(=O)c3cc(NS(C)(=O)=O)ccc3N2)c1=O.CS(=O)(=O)Nc1ccc2c(c1)S(=O)(=O)NC(=c1c(=O)c3cccn3n(Cc3ccc(F)c(Cl)c3)c1=O)N2. The van der Waals surface area contributed by atoms with Gasteiger partial charge in [-0.3, -0.25) is 37.7 Å². The van der Waals surface area contributed by atoms with Crippen LogP contribution in [-0.4, -0.2) is 70.3 Å². The minimum Gasteiger partial charge on any atom is -0.507 e. The van der Waals surface area contributed by atoms with Crippen LogP contribution in [-0.2, 0) is 53.0 Å². The minimum absolute atomic E-state index is 0.0105. The number of aryl methyl sites for hydroxylation is 1. The van der Waals surface area contributed by atoms with E-state index in [0.717, 1.165) is 30.1 Å². The van der Waals surface area contributed by atoms with Crippen molar-refractivity contribution in [2.75, 3.05) is 32.6 Å². The first-order valence-electron chi connectivity index (χ1n) is 20.6. The maximum absolute atomic E-state index is 13.6. The summed E-state index contributed by atoms with van der Waals surface area (Å²) < 4.78 is 122. The highest BCUT2D eigenvalue weighted by atomic mass is 35.5. The number of aromatic amines is 1. The highest BCUT2D eigenvalue weighted by Gasteiger charge is 2.30. The molecule has 0 fully saturated rings. The fourth-order valence-electron chi connectivity index (χ4n) is 7.16. The van der Waals surface area contributed by atoms with E-state index >= 15 is 0 Å². The van der Waals surface area contributed by atoms with E-state index in [1.165, 1.54) is 86.9 Å². The van der Waals surface area contributed by atoms with E-state index < -0.39 is 73.2 Å². The van der Waals surface area contributed by atoms with Gasteiger partial charge in [0.1, 0.15) is 38.6 Å². The number of hydrogen-bond acceptors (Lipinski definition) is 14. The van der Waals surface area contributed by atoms with Crippen LogP contribution >= 0.6 is 11.6 Å². The summed E-state index contributed by atoms with van der Waals surface area (Å²) in [6.45, 7) is 4.24. The van der Waals surface area contributed by atoms with Crippen LogP contribution in [0.15, 0.2) is 127 Å². The molecule has 3 aromatic heterocycles. The Hall–Kier alpha value is -7.13. The zero-order chi connectivity index (χ0) is 51.1. The average Bonchev–Trinajstić information content (AvgIpc) is 3.76. The van der Waals surface area contributed by atoms with Crippen molar-refractivity contribution in [1.82, 2.24) is 23.7 Å². The molecule has 7 N–H and O–H groups in total. The lowest BCUT2D eigenvalue weighted by Crippen LogP contribution is -2.52. The molecule has 27 heteroatoms. The molecule has 2 aliphatic heterocycles. The maximum atomic E-state index is 13.6. The molecule has 2 aliphatic rings. The molecule has 3 aromatic carbocycles. The van der Waals surface area contributed by atoms with Gasteiger partial charge in [-0.25, -0.2) is 42.7 Å². The number of rotatable bonds is 10. The average molecular weight is 1060 g/mol. The molecule has 0 bridgehead atoms. The summed E-state index contributed by atoms with van der Waals surface area (Å²) >= 11 is 5.87. The number of sulfonamides is 3. The first kappa shape index (κ1) is 50.7. The minimum atomic E-state index is -4.31. The van der Waals surface area contributed by atoms with Crippen LogP contribution in [0.4, 0.5) is 27.1 Å². The lowest BCUT2D eigenvalue weighted by atomic mass is 10.1. The summed E-state index contributed by atoms with van der Waals surface area (Å²) in [6.07, 6.45) is 5.58. The molecule has 0 radical (unpaired) electrons. The quantitative estimate of drug-likeness (QED) is 0.103. The largest absolute Gasteiger partial charge is 0.507 e. The lowest BCUT2D eigenvalue weighted by molar-refractivity contribution is 0.461. The molecule has 0 atom stereocenters. The summed E-state index contributed by atoms with van der Waals surface area (Å²) in [7, 11) is -15.7. The second-order valence-electron chi connectivity index (χ2n) is 16.3. The predicted octanol–water partition coefficient (Wildman–Crippen LogP) is 3.48. The van der Waals surface area contributed by atoms with E-state index in [-0.39, 0.29) is 66.7 Å². The van der Waals surface area contributed by atoms with Gasteiger partial charge in [-0.05, 0) is 90.7 Å². The first-order chi connectivity index (χ1) is 32.7. The van der Waals surface area contributed by atoms with Gasteiger partial charge in [0.2, 0.25) is 35.3 Å². The molecule has 0 unspecified atom stereocenters. The molecular formula is C43H43ClFN9O12S4. The molecule has 0 saturated heterocycles. The molecular weight excluding hydrogens is 1020 g/mol. The molecule has 370 valence electrons. The molecule has 21 nitrogen and oxygen atoms in total. The Kier molecular flexibility index (Phi) is 14.0. The van der Waals surface area contributed by atoms with Gasteiger partial charge in [0.15, 0.2) is 0 Å². The highest BCUT2D eigenvalue weighted by molar-refractivity contribution is 7.94. The zero-order valence-corrected chi connectivity index (χ0v) is 41.2. The number of anilines is 4. The maximum Gasteiger partial charge on any atom is 0.280 e. The van der Waals surface area contributed by atoms with E-state index in [9.17, 15) is 57.6 Å². The van der Waals surface area contributed by atoms with Crippen molar-refractivity contribution in [1.29, 1.82) is 0 Å². The fourth-order valence-corrected chi connectivity index (χ4v) is 11.0. The molecule has 0 aliphatic carbocycles. The Balaban J connectivity index is 0.000000208. The van der Waals surface area contributed by atoms with E-state index in [1.807, 2.05) is 13.8 Å². The van der Waals surface area contributed by atoms with Crippen LogP contribution in [0, 0.1) is 11.7 Å². The Labute approximate surface area is 404 Å². The van der Waals surface area contributed by atoms with Gasteiger partial charge in [0, 0.05) is 30.3 Å². The van der Waals surface area contributed by atoms with Gasteiger partial charge in [-0.15, -0.1) is 0 Å². The van der Waals surface area contributed by atoms with Gasteiger partial charge in [0.05, 0.1) is 51.5 Å². The van der Waals surface area contributed by atoms with Crippen LogP contribution < -0.4 is 46.6 Å². The van der Waals surface area contributed by atoms with Gasteiger partial charge in [-0.1, -0.05) is 37.6 Å². The van der Waals surface area contributed by atoms with Crippen molar-refractivity contribution < 1.29 is 43.2 Å². The van der Waals surface area contributed by atoms with Crippen LogP contribution in [0.2, 0.25) is 5.02 Å². The Morgan fingerprint density at radius 2 is 1.44 bits per heavy atom. The third-order valence-corrected chi connectivity index (χ3v) is 14.7. The fraction of sp³-hybridized carbons (Fsp3) is 0.186. The van der Waals surface area contributed by atoms with Gasteiger partial charge >= 0.3 is 0 Å². The third kappa shape index (κ3) is 11.3. The van der Waals surface area contributed by atoms with Crippen molar-refractivity contribution in [2.45, 2.75) is 43.1 Å². The number of hydrogen-bond donors (Lipinski definition) is 7. The molecule has 0 saturated carbocycles. The van der Waals surface area contributed by atoms with Gasteiger partial charge in [-0.2, -0.15) is 0 Å². The predicted molar refractivity (Wildman–Crippen MR) is 263 cm³/mol. The number of H-pyrrole nitrogens is 1. The summed E-state index contributed by atoms with van der Waals surface area (Å²) in [5.41, 5.74) is -1.67. The third-order valence-electron chi connectivity index (χ3n) is 10.3. The Bertz CT molecular complexity index is 3930. The van der Waals surface area contributed by atoms with Crippen molar-refractivity contribution in [3.05, 3.63) is 161 Å². The van der Waals surface area contributed by atoms with Crippen molar-refractivity contribution in [3.63, 3.8) is 0 Å². The van der Waals surface area contributed by atoms with E-state index in [2.05, 4.69) is 29.9 Å². The van der Waals surface area contributed by atoms with Gasteiger partial charge in [0.25, 0.3) is 21.1 Å². The summed E-state index contributed by atoms with van der Waals surface area (Å²) in [5, 5.41) is 19.4. The van der Waals surface area contributed by atoms with Crippen molar-refractivity contribution in [2.24, 2.45) is 5.92 Å². The molecule has 6 aromatic rings. The molecule has 5 heterocycles.